The molecule has 6 nitrogen and oxygen atoms in total. The third-order valence-electron chi connectivity index (χ3n) is 5.14. The number of piperazine rings is 1. The Hall–Kier alpha value is -2.37. The molecule has 3 amide bonds. The van der Waals surface area contributed by atoms with Crippen molar-refractivity contribution in [1.82, 2.24) is 15.1 Å². The fourth-order valence-corrected chi connectivity index (χ4v) is 3.46. The minimum atomic E-state index is -0.116. The summed E-state index contributed by atoms with van der Waals surface area (Å²) >= 11 is 0. The Morgan fingerprint density at radius 3 is 2.04 bits per heavy atom. The van der Waals surface area contributed by atoms with Crippen LogP contribution in [-0.4, -0.2) is 53.7 Å². The van der Waals surface area contributed by atoms with E-state index >= 15 is 0 Å². The van der Waals surface area contributed by atoms with Crippen molar-refractivity contribution < 1.29 is 14.4 Å². The Bertz CT molecular complexity index is 677. The standard InChI is InChI=1S/C22H33N3O3/c1-16(2)15-19-5-7-20(8-6-19)17(3)23-21(27)9-10-22(28)25-13-11-24(12-14-25)18(4)26/h5-8,16-17H,9-15H2,1-4H3,(H,23,27)/t17-/m1/s1. The van der Waals surface area contributed by atoms with E-state index in [2.05, 4.69) is 43.4 Å². The smallest absolute Gasteiger partial charge is 0.223 e. The van der Waals surface area contributed by atoms with Crippen LogP contribution < -0.4 is 5.32 Å². The second kappa shape index (κ2) is 10.2. The summed E-state index contributed by atoms with van der Waals surface area (Å²) in [4.78, 5) is 39.4. The highest BCUT2D eigenvalue weighted by molar-refractivity contribution is 5.84. The van der Waals surface area contributed by atoms with Crippen LogP contribution in [0.1, 0.15) is 57.7 Å². The van der Waals surface area contributed by atoms with Crippen LogP contribution >= 0.6 is 0 Å². The van der Waals surface area contributed by atoms with Crippen molar-refractivity contribution in [2.24, 2.45) is 5.92 Å². The first-order chi connectivity index (χ1) is 13.3. The lowest BCUT2D eigenvalue weighted by Gasteiger charge is -2.34. The SMILES string of the molecule is CC(=O)N1CCN(C(=O)CCC(=O)N[C@H](C)c2ccc(CC(C)C)cc2)CC1. The van der Waals surface area contributed by atoms with E-state index in [9.17, 15) is 14.4 Å². The van der Waals surface area contributed by atoms with Crippen LogP contribution in [0.15, 0.2) is 24.3 Å². The molecule has 1 heterocycles. The molecule has 2 rings (SSSR count). The van der Waals surface area contributed by atoms with Gasteiger partial charge in [-0.1, -0.05) is 38.1 Å². The number of nitrogens with one attached hydrogen (secondary N) is 1. The van der Waals surface area contributed by atoms with Gasteiger partial charge in [-0.2, -0.15) is 0 Å². The maximum absolute atomic E-state index is 12.3. The number of benzene rings is 1. The Balaban J connectivity index is 1.74. The molecular weight excluding hydrogens is 354 g/mol. The predicted octanol–water partition coefficient (Wildman–Crippen LogP) is 2.53. The minimum absolute atomic E-state index is 0.0240. The molecule has 0 saturated carbocycles. The van der Waals surface area contributed by atoms with Crippen LogP contribution in [0.25, 0.3) is 0 Å². The zero-order chi connectivity index (χ0) is 20.7. The summed E-state index contributed by atoms with van der Waals surface area (Å²) in [6, 6.07) is 8.25. The molecule has 0 unspecified atom stereocenters. The van der Waals surface area contributed by atoms with Crippen LogP contribution in [0.5, 0.6) is 0 Å². The van der Waals surface area contributed by atoms with Gasteiger partial charge in [0.25, 0.3) is 0 Å². The Morgan fingerprint density at radius 2 is 1.50 bits per heavy atom. The fraction of sp³-hybridized carbons (Fsp3) is 0.591. The van der Waals surface area contributed by atoms with E-state index in [4.69, 9.17) is 0 Å². The number of carbonyl (C=O) groups excluding carboxylic acids is 3. The Labute approximate surface area is 168 Å². The molecule has 154 valence electrons. The second-order valence-electron chi connectivity index (χ2n) is 8.02. The first-order valence-electron chi connectivity index (χ1n) is 10.2. The number of carbonyl (C=O) groups is 3. The summed E-state index contributed by atoms with van der Waals surface area (Å²) < 4.78 is 0. The van der Waals surface area contributed by atoms with Crippen molar-refractivity contribution in [3.05, 3.63) is 35.4 Å². The highest BCUT2D eigenvalue weighted by Gasteiger charge is 2.22. The zero-order valence-corrected chi connectivity index (χ0v) is 17.5. The van der Waals surface area contributed by atoms with Crippen LogP contribution in [0.3, 0.4) is 0 Å². The van der Waals surface area contributed by atoms with Gasteiger partial charge in [0.2, 0.25) is 17.7 Å². The lowest BCUT2D eigenvalue weighted by molar-refractivity contribution is -0.139. The molecule has 1 saturated heterocycles. The third kappa shape index (κ3) is 6.66. The lowest BCUT2D eigenvalue weighted by atomic mass is 10.00. The van der Waals surface area contributed by atoms with Gasteiger partial charge in [-0.05, 0) is 30.4 Å². The van der Waals surface area contributed by atoms with Crippen LogP contribution in [0.4, 0.5) is 0 Å². The predicted molar refractivity (Wildman–Crippen MR) is 110 cm³/mol. The fourth-order valence-electron chi connectivity index (χ4n) is 3.46. The molecule has 0 aromatic heterocycles. The first-order valence-corrected chi connectivity index (χ1v) is 10.2. The number of hydrogen-bond donors (Lipinski definition) is 1. The van der Waals surface area contributed by atoms with E-state index in [-0.39, 0.29) is 36.6 Å². The molecule has 1 aromatic rings. The summed E-state index contributed by atoms with van der Waals surface area (Å²) in [5.74, 6) is 0.516. The van der Waals surface area contributed by atoms with Gasteiger partial charge >= 0.3 is 0 Å². The van der Waals surface area contributed by atoms with Crippen molar-refractivity contribution in [2.45, 2.75) is 53.0 Å². The maximum Gasteiger partial charge on any atom is 0.223 e. The molecule has 1 aliphatic rings. The highest BCUT2D eigenvalue weighted by atomic mass is 16.2. The van der Waals surface area contributed by atoms with E-state index in [0.717, 1.165) is 12.0 Å². The summed E-state index contributed by atoms with van der Waals surface area (Å²) in [6.07, 6.45) is 1.43. The quantitative estimate of drug-likeness (QED) is 0.782. The van der Waals surface area contributed by atoms with Crippen LogP contribution in [-0.2, 0) is 20.8 Å². The van der Waals surface area contributed by atoms with Crippen LogP contribution in [0.2, 0.25) is 0 Å². The Kier molecular flexibility index (Phi) is 8.03. The van der Waals surface area contributed by atoms with Gasteiger partial charge < -0.3 is 15.1 Å². The van der Waals surface area contributed by atoms with Gasteiger partial charge in [-0.25, -0.2) is 0 Å². The molecule has 0 bridgehead atoms. The van der Waals surface area contributed by atoms with Gasteiger partial charge in [0, 0.05) is 45.9 Å². The minimum Gasteiger partial charge on any atom is -0.350 e. The maximum atomic E-state index is 12.3. The second-order valence-corrected chi connectivity index (χ2v) is 8.02. The van der Waals surface area contributed by atoms with Gasteiger partial charge in [0.05, 0.1) is 6.04 Å². The van der Waals surface area contributed by atoms with Crippen molar-refractivity contribution >= 4 is 17.7 Å². The molecule has 6 heteroatoms. The average molecular weight is 388 g/mol. The van der Waals surface area contributed by atoms with E-state index in [1.54, 1.807) is 16.7 Å². The monoisotopic (exact) mass is 387 g/mol. The van der Waals surface area contributed by atoms with E-state index in [0.29, 0.717) is 32.1 Å². The summed E-state index contributed by atoms with van der Waals surface area (Å²) in [5, 5.41) is 2.97. The van der Waals surface area contributed by atoms with Crippen molar-refractivity contribution in [3.8, 4) is 0 Å². The number of hydrogen-bond acceptors (Lipinski definition) is 3. The van der Waals surface area contributed by atoms with E-state index in [1.165, 1.54) is 5.56 Å². The van der Waals surface area contributed by atoms with Gasteiger partial charge in [0.1, 0.15) is 0 Å². The van der Waals surface area contributed by atoms with Crippen molar-refractivity contribution in [2.75, 3.05) is 26.2 Å². The normalized spacial score (nSPS) is 15.5. The Morgan fingerprint density at radius 1 is 0.929 bits per heavy atom. The number of rotatable bonds is 7. The lowest BCUT2D eigenvalue weighted by Crippen LogP contribution is -2.50. The van der Waals surface area contributed by atoms with Crippen molar-refractivity contribution in [3.63, 3.8) is 0 Å². The summed E-state index contributed by atoms with van der Waals surface area (Å²) in [7, 11) is 0. The molecule has 0 aliphatic carbocycles. The highest BCUT2D eigenvalue weighted by Crippen LogP contribution is 2.16. The molecule has 1 aromatic carbocycles. The molecule has 1 aliphatic heterocycles. The number of nitrogens with zero attached hydrogens (tertiary/aromatic N) is 2. The molecular formula is C22H33N3O3. The van der Waals surface area contributed by atoms with E-state index in [1.807, 2.05) is 6.92 Å². The average Bonchev–Trinajstić information content (AvgIpc) is 2.66. The number of amides is 3. The van der Waals surface area contributed by atoms with Crippen LogP contribution in [0, 0.1) is 5.92 Å². The van der Waals surface area contributed by atoms with Gasteiger partial charge in [-0.3, -0.25) is 14.4 Å². The van der Waals surface area contributed by atoms with Gasteiger partial charge in [-0.15, -0.1) is 0 Å². The zero-order valence-electron chi connectivity index (χ0n) is 17.5. The summed E-state index contributed by atoms with van der Waals surface area (Å²) in [6.45, 7) is 10.1. The largest absolute Gasteiger partial charge is 0.350 e. The third-order valence-corrected chi connectivity index (χ3v) is 5.14. The molecule has 0 radical (unpaired) electrons. The van der Waals surface area contributed by atoms with Crippen molar-refractivity contribution in [1.29, 1.82) is 0 Å². The molecule has 1 atom stereocenters. The summed E-state index contributed by atoms with van der Waals surface area (Å²) in [5.41, 5.74) is 2.36. The van der Waals surface area contributed by atoms with E-state index < -0.39 is 0 Å². The molecule has 0 spiro atoms. The molecule has 28 heavy (non-hydrogen) atoms. The topological polar surface area (TPSA) is 69.7 Å². The first kappa shape index (κ1) is 21.9. The molecule has 1 N–H and O–H groups in total. The van der Waals surface area contributed by atoms with Gasteiger partial charge in [0.15, 0.2) is 0 Å². The molecule has 1 fully saturated rings.